The summed E-state index contributed by atoms with van der Waals surface area (Å²) in [6.07, 6.45) is 3.74. The minimum Gasteiger partial charge on any atom is -0.365 e. The Balaban J connectivity index is 1.38. The standard InChI is InChI=1S/C20H27ClN6O3S/c1-4-31(29,30)26-9-14-13(20(14,3)10-26)7-22-16-18(28)27(11(2)12-5-6-12)17-15(24-16)8-23-19(21)25-17/h8,11-14H,4-7,9-10H2,1-3H3,(H,22,24)/t11-,13?,14+,20-/m0/s1. The van der Waals surface area contributed by atoms with Crippen LogP contribution in [0.1, 0.15) is 39.7 Å². The van der Waals surface area contributed by atoms with Crippen LogP contribution in [0.15, 0.2) is 11.0 Å². The predicted octanol–water partition coefficient (Wildman–Crippen LogP) is 2.14. The number of aromatic nitrogens is 4. The topological polar surface area (TPSA) is 110 Å². The van der Waals surface area contributed by atoms with Gasteiger partial charge in [-0.3, -0.25) is 9.36 Å². The predicted molar refractivity (Wildman–Crippen MR) is 119 cm³/mol. The Bertz CT molecular complexity index is 1210. The highest BCUT2D eigenvalue weighted by Gasteiger charge is 2.66. The minimum atomic E-state index is -3.16. The first kappa shape index (κ1) is 21.1. The Hall–Kier alpha value is -1.78. The van der Waals surface area contributed by atoms with Gasteiger partial charge in [0, 0.05) is 25.7 Å². The van der Waals surface area contributed by atoms with Gasteiger partial charge < -0.3 is 5.32 Å². The van der Waals surface area contributed by atoms with Gasteiger partial charge in [0.25, 0.3) is 5.56 Å². The summed E-state index contributed by atoms with van der Waals surface area (Å²) in [5.41, 5.74) is 0.739. The maximum atomic E-state index is 13.3. The van der Waals surface area contributed by atoms with E-state index in [-0.39, 0.29) is 33.9 Å². The van der Waals surface area contributed by atoms with Crippen LogP contribution in [-0.2, 0) is 10.0 Å². The van der Waals surface area contributed by atoms with E-state index in [2.05, 4.69) is 27.2 Å². The van der Waals surface area contributed by atoms with Crippen LogP contribution < -0.4 is 10.9 Å². The third-order valence-corrected chi connectivity index (χ3v) is 9.53. The van der Waals surface area contributed by atoms with Gasteiger partial charge in [0.1, 0.15) is 5.52 Å². The highest BCUT2D eigenvalue weighted by molar-refractivity contribution is 7.89. The average molecular weight is 467 g/mol. The summed E-state index contributed by atoms with van der Waals surface area (Å²) < 4.78 is 27.7. The van der Waals surface area contributed by atoms with Crippen LogP contribution in [0.2, 0.25) is 5.28 Å². The summed E-state index contributed by atoms with van der Waals surface area (Å²) in [4.78, 5) is 26.1. The molecule has 1 saturated heterocycles. The SMILES string of the molecule is CCS(=O)(=O)N1C[C@@H]2C(CNc3nc4cnc(Cl)nc4n([C@@H](C)C4CC4)c3=O)[C@]2(C)C1. The number of sulfonamides is 1. The molecule has 3 heterocycles. The minimum absolute atomic E-state index is 0.00940. The molecule has 2 aromatic rings. The van der Waals surface area contributed by atoms with Crippen molar-refractivity contribution in [3.8, 4) is 0 Å². The first-order valence-electron chi connectivity index (χ1n) is 10.8. The molecule has 31 heavy (non-hydrogen) atoms. The second kappa shape index (κ2) is 7.11. The van der Waals surface area contributed by atoms with Gasteiger partial charge in [-0.2, -0.15) is 4.98 Å². The van der Waals surface area contributed by atoms with E-state index in [9.17, 15) is 13.2 Å². The van der Waals surface area contributed by atoms with Crippen LogP contribution >= 0.6 is 11.6 Å². The highest BCUT2D eigenvalue weighted by Crippen LogP contribution is 2.63. The Labute approximate surface area is 186 Å². The fraction of sp³-hybridized carbons (Fsp3) is 0.700. The normalized spacial score (nSPS) is 29.2. The lowest BCUT2D eigenvalue weighted by Crippen LogP contribution is -2.35. The molecule has 0 bridgehead atoms. The fourth-order valence-electron chi connectivity index (χ4n) is 5.24. The second-order valence-electron chi connectivity index (χ2n) is 9.35. The molecule has 2 saturated carbocycles. The zero-order valence-corrected chi connectivity index (χ0v) is 19.4. The number of hydrogen-bond acceptors (Lipinski definition) is 7. The molecular formula is C20H27ClN6O3S. The second-order valence-corrected chi connectivity index (χ2v) is 11.9. The Morgan fingerprint density at radius 2 is 2.10 bits per heavy atom. The zero-order chi connectivity index (χ0) is 22.1. The quantitative estimate of drug-likeness (QED) is 0.622. The van der Waals surface area contributed by atoms with Crippen LogP contribution in [0, 0.1) is 23.2 Å². The number of piperidine rings is 1. The van der Waals surface area contributed by atoms with Crippen molar-refractivity contribution in [1.82, 2.24) is 23.8 Å². The van der Waals surface area contributed by atoms with Crippen LogP contribution in [0.5, 0.6) is 0 Å². The summed E-state index contributed by atoms with van der Waals surface area (Å²) in [7, 11) is -3.16. The number of rotatable bonds is 7. The number of fused-ring (bicyclic) bond motifs is 2. The van der Waals surface area contributed by atoms with Crippen molar-refractivity contribution in [3.63, 3.8) is 0 Å². The molecule has 2 aliphatic carbocycles. The molecule has 3 aliphatic rings. The smallest absolute Gasteiger partial charge is 0.295 e. The zero-order valence-electron chi connectivity index (χ0n) is 17.9. The lowest BCUT2D eigenvalue weighted by molar-refractivity contribution is 0.378. The molecule has 0 aromatic carbocycles. The summed E-state index contributed by atoms with van der Waals surface area (Å²) in [6, 6.07) is 0.00940. The van der Waals surface area contributed by atoms with Crippen LogP contribution in [-0.4, -0.2) is 57.6 Å². The molecule has 168 valence electrons. The van der Waals surface area contributed by atoms with Gasteiger partial charge in [0.15, 0.2) is 11.5 Å². The lowest BCUT2D eigenvalue weighted by atomic mass is 10.1. The average Bonchev–Trinajstić information content (AvgIpc) is 3.63. The lowest BCUT2D eigenvalue weighted by Gasteiger charge is -2.21. The number of nitrogens with zero attached hydrogens (tertiary/aromatic N) is 5. The van der Waals surface area contributed by atoms with E-state index in [1.165, 1.54) is 0 Å². The van der Waals surface area contributed by atoms with Crippen molar-refractivity contribution in [1.29, 1.82) is 0 Å². The maximum Gasteiger partial charge on any atom is 0.295 e. The molecule has 3 fully saturated rings. The van der Waals surface area contributed by atoms with E-state index in [4.69, 9.17) is 11.6 Å². The van der Waals surface area contributed by atoms with E-state index >= 15 is 0 Å². The maximum absolute atomic E-state index is 13.3. The molecular weight excluding hydrogens is 440 g/mol. The summed E-state index contributed by atoms with van der Waals surface area (Å²) >= 11 is 5.99. The molecule has 1 N–H and O–H groups in total. The van der Waals surface area contributed by atoms with Gasteiger partial charge in [0.2, 0.25) is 15.3 Å². The molecule has 5 rings (SSSR count). The van der Waals surface area contributed by atoms with Gasteiger partial charge in [-0.1, -0.05) is 6.92 Å². The molecule has 9 nitrogen and oxygen atoms in total. The van der Waals surface area contributed by atoms with E-state index in [0.29, 0.717) is 48.6 Å². The molecule has 1 aliphatic heterocycles. The molecule has 4 atom stereocenters. The van der Waals surface area contributed by atoms with Crippen molar-refractivity contribution in [2.24, 2.45) is 23.2 Å². The van der Waals surface area contributed by atoms with Crippen molar-refractivity contribution in [2.45, 2.75) is 39.7 Å². The molecule has 0 spiro atoms. The van der Waals surface area contributed by atoms with Crippen molar-refractivity contribution < 1.29 is 8.42 Å². The van der Waals surface area contributed by atoms with Crippen molar-refractivity contribution in [2.75, 3.05) is 30.7 Å². The van der Waals surface area contributed by atoms with Gasteiger partial charge in [-0.25, -0.2) is 22.7 Å². The molecule has 1 unspecified atom stereocenters. The van der Waals surface area contributed by atoms with Crippen LogP contribution in [0.25, 0.3) is 11.2 Å². The fourth-order valence-corrected chi connectivity index (χ4v) is 6.59. The van der Waals surface area contributed by atoms with Crippen molar-refractivity contribution in [3.05, 3.63) is 21.8 Å². The van der Waals surface area contributed by atoms with Crippen molar-refractivity contribution >= 4 is 38.6 Å². The van der Waals surface area contributed by atoms with Gasteiger partial charge >= 0.3 is 0 Å². The largest absolute Gasteiger partial charge is 0.365 e. The third kappa shape index (κ3) is 3.43. The van der Waals surface area contributed by atoms with E-state index in [1.807, 2.05) is 6.92 Å². The Kier molecular flexibility index (Phi) is 4.84. The number of hydrogen-bond donors (Lipinski definition) is 1. The first-order valence-corrected chi connectivity index (χ1v) is 12.8. The van der Waals surface area contributed by atoms with Gasteiger partial charge in [-0.15, -0.1) is 0 Å². The number of halogens is 1. The third-order valence-electron chi connectivity index (χ3n) is 7.55. The Morgan fingerprint density at radius 3 is 2.71 bits per heavy atom. The van der Waals surface area contributed by atoms with Crippen LogP contribution in [0.3, 0.4) is 0 Å². The van der Waals surface area contributed by atoms with E-state index < -0.39 is 10.0 Å². The molecule has 0 radical (unpaired) electrons. The van der Waals surface area contributed by atoms with Crippen LogP contribution in [0.4, 0.5) is 5.82 Å². The number of anilines is 1. The molecule has 11 heteroatoms. The molecule has 2 aromatic heterocycles. The van der Waals surface area contributed by atoms with E-state index in [1.54, 1.807) is 22.0 Å². The monoisotopic (exact) mass is 466 g/mol. The van der Waals surface area contributed by atoms with E-state index in [0.717, 1.165) is 12.8 Å². The summed E-state index contributed by atoms with van der Waals surface area (Å²) in [5, 5.41) is 3.35. The molecule has 0 amide bonds. The van der Waals surface area contributed by atoms with Gasteiger partial charge in [0.05, 0.1) is 11.9 Å². The number of nitrogens with one attached hydrogen (secondary N) is 1. The highest BCUT2D eigenvalue weighted by atomic mass is 35.5. The summed E-state index contributed by atoms with van der Waals surface area (Å²) in [5.74, 6) is 1.49. The van der Waals surface area contributed by atoms with Gasteiger partial charge in [-0.05, 0) is 61.5 Å². The Morgan fingerprint density at radius 1 is 1.35 bits per heavy atom. The first-order chi connectivity index (χ1) is 14.7. The summed E-state index contributed by atoms with van der Waals surface area (Å²) in [6.45, 7) is 7.53.